The first-order valence-corrected chi connectivity index (χ1v) is 11.5. The van der Waals surface area contributed by atoms with E-state index < -0.39 is 16.1 Å². The maximum Gasteiger partial charge on any atom is 0.251 e. The van der Waals surface area contributed by atoms with E-state index in [4.69, 9.17) is 9.47 Å². The minimum absolute atomic E-state index is 0.0579. The zero-order chi connectivity index (χ0) is 18.7. The molecule has 10 heteroatoms. The largest absolute Gasteiger partial charge is 0.376 e. The molecular weight excluding hydrogens is 378 g/mol. The van der Waals surface area contributed by atoms with Crippen molar-refractivity contribution in [2.24, 2.45) is 0 Å². The maximum absolute atomic E-state index is 12.6. The number of hydrogen-bond donors (Lipinski definition) is 1. The molecule has 0 aliphatic carbocycles. The average molecular weight is 404 g/mol. The van der Waals surface area contributed by atoms with Gasteiger partial charge < -0.3 is 14.4 Å². The van der Waals surface area contributed by atoms with Crippen molar-refractivity contribution < 1.29 is 22.7 Å². The van der Waals surface area contributed by atoms with E-state index in [0.717, 1.165) is 42.7 Å². The van der Waals surface area contributed by atoms with Crippen LogP contribution in [0.4, 0.5) is 5.13 Å². The highest BCUT2D eigenvalue weighted by Gasteiger charge is 2.28. The van der Waals surface area contributed by atoms with E-state index >= 15 is 0 Å². The van der Waals surface area contributed by atoms with Gasteiger partial charge in [-0.2, -0.15) is 0 Å². The number of rotatable bonds is 6. The molecule has 3 heterocycles. The second kappa shape index (κ2) is 8.20. The Hall–Kier alpha value is -1.23. The molecule has 0 spiro atoms. The van der Waals surface area contributed by atoms with Crippen LogP contribution in [0.5, 0.6) is 0 Å². The third kappa shape index (κ3) is 5.15. The molecule has 1 aromatic rings. The van der Waals surface area contributed by atoms with Crippen LogP contribution < -0.4 is 4.72 Å². The number of amides is 1. The van der Waals surface area contributed by atoms with Gasteiger partial charge in [-0.1, -0.05) is 11.3 Å². The van der Waals surface area contributed by atoms with Gasteiger partial charge in [-0.3, -0.25) is 9.52 Å². The lowest BCUT2D eigenvalue weighted by Crippen LogP contribution is -2.42. The van der Waals surface area contributed by atoms with Crippen LogP contribution in [0.2, 0.25) is 0 Å². The van der Waals surface area contributed by atoms with Crippen LogP contribution in [0.1, 0.15) is 36.8 Å². The molecule has 0 bridgehead atoms. The van der Waals surface area contributed by atoms with Crippen LogP contribution in [0, 0.1) is 0 Å². The molecule has 0 aromatic carbocycles. The zero-order valence-corrected chi connectivity index (χ0v) is 16.7. The van der Waals surface area contributed by atoms with Crippen LogP contribution in [-0.2, 0) is 37.3 Å². The number of carbonyl (C=O) groups excluding carboxylic acids is 1. The van der Waals surface area contributed by atoms with Crippen molar-refractivity contribution in [2.45, 2.75) is 51.4 Å². The Labute approximate surface area is 157 Å². The summed E-state index contributed by atoms with van der Waals surface area (Å²) in [7, 11) is -3.35. The van der Waals surface area contributed by atoms with Gasteiger partial charge in [0.15, 0.2) is 5.13 Å². The van der Waals surface area contributed by atoms with Crippen molar-refractivity contribution in [1.82, 2.24) is 9.88 Å². The molecule has 2 aliphatic heterocycles. The third-order valence-electron chi connectivity index (χ3n) is 4.47. The van der Waals surface area contributed by atoms with Crippen molar-refractivity contribution in [3.8, 4) is 0 Å². The molecule has 1 N–H and O–H groups in total. The van der Waals surface area contributed by atoms with E-state index in [1.807, 2.05) is 0 Å². The van der Waals surface area contributed by atoms with Gasteiger partial charge in [0.25, 0.3) is 5.91 Å². The fourth-order valence-corrected chi connectivity index (χ4v) is 4.96. The van der Waals surface area contributed by atoms with Crippen LogP contribution in [0.3, 0.4) is 0 Å². The Bertz CT molecular complexity index is 743. The molecule has 8 nitrogen and oxygen atoms in total. The summed E-state index contributed by atoms with van der Waals surface area (Å²) in [5.74, 6) is -0.0579. The second-order valence-corrected chi connectivity index (χ2v) is 9.57. The summed E-state index contributed by atoms with van der Waals surface area (Å²) in [5.41, 5.74) is 0.856. The number of aromatic nitrogens is 1. The van der Waals surface area contributed by atoms with E-state index in [1.165, 1.54) is 11.3 Å². The lowest BCUT2D eigenvalue weighted by atomic mass is 10.1. The Balaban J connectivity index is 1.54. The number of carbonyl (C=O) groups is 1. The monoisotopic (exact) mass is 403 g/mol. The molecule has 1 amide bonds. The molecular formula is C16H25N3O5S2. The van der Waals surface area contributed by atoms with Crippen LogP contribution >= 0.6 is 11.3 Å². The fraction of sp³-hybridized carbons (Fsp3) is 0.750. The molecule has 0 saturated carbocycles. The summed E-state index contributed by atoms with van der Waals surface area (Å²) >= 11 is 1.28. The second-order valence-electron chi connectivity index (χ2n) is 6.74. The number of nitrogens with zero attached hydrogens (tertiary/aromatic N) is 2. The van der Waals surface area contributed by atoms with Crippen LogP contribution in [0.15, 0.2) is 0 Å². The quantitative estimate of drug-likeness (QED) is 0.770. The predicted octanol–water partition coefficient (Wildman–Crippen LogP) is 1.37. The fourth-order valence-electron chi connectivity index (χ4n) is 3.10. The average Bonchev–Trinajstić information content (AvgIpc) is 2.99. The molecule has 26 heavy (non-hydrogen) atoms. The van der Waals surface area contributed by atoms with Crippen LogP contribution in [0.25, 0.3) is 0 Å². The summed E-state index contributed by atoms with van der Waals surface area (Å²) < 4.78 is 36.4. The normalized spacial score (nSPS) is 21.9. The van der Waals surface area contributed by atoms with E-state index in [0.29, 0.717) is 31.2 Å². The Morgan fingerprint density at radius 3 is 3.00 bits per heavy atom. The van der Waals surface area contributed by atoms with E-state index in [1.54, 1.807) is 11.8 Å². The molecule has 3 rings (SSSR count). The number of ether oxygens (including phenoxy) is 2. The molecule has 2 aliphatic rings. The zero-order valence-electron chi connectivity index (χ0n) is 15.1. The standard InChI is InChI=1S/C16H25N3O5S2/c1-11(24-10-12-5-3-4-8-23-12)15(20)19-7-6-13-14(9-19)25-16(17-13)18-26(2,21)22/h11-12H,3-10H2,1-2H3,(H,17,18)/t11-,12+/m0/s1. The summed E-state index contributed by atoms with van der Waals surface area (Å²) in [5, 5.41) is 0.352. The minimum Gasteiger partial charge on any atom is -0.376 e. The molecule has 0 radical (unpaired) electrons. The third-order valence-corrected chi connectivity index (χ3v) is 6.16. The smallest absolute Gasteiger partial charge is 0.251 e. The number of thiazole rings is 1. The molecule has 1 aromatic heterocycles. The van der Waals surface area contributed by atoms with Gasteiger partial charge in [0.1, 0.15) is 6.10 Å². The summed E-state index contributed by atoms with van der Waals surface area (Å²) in [6.45, 7) is 3.96. The van der Waals surface area contributed by atoms with Gasteiger partial charge >= 0.3 is 0 Å². The highest BCUT2D eigenvalue weighted by molar-refractivity contribution is 7.92. The minimum atomic E-state index is -3.35. The highest BCUT2D eigenvalue weighted by atomic mass is 32.2. The van der Waals surface area contributed by atoms with Gasteiger partial charge in [0.05, 0.1) is 31.2 Å². The highest BCUT2D eigenvalue weighted by Crippen LogP contribution is 2.29. The van der Waals surface area contributed by atoms with Crippen molar-refractivity contribution in [2.75, 3.05) is 30.7 Å². The predicted molar refractivity (Wildman–Crippen MR) is 98.7 cm³/mol. The number of nitrogens with one attached hydrogen (secondary N) is 1. The van der Waals surface area contributed by atoms with Crippen molar-refractivity contribution in [1.29, 1.82) is 0 Å². The Morgan fingerprint density at radius 1 is 1.50 bits per heavy atom. The first-order chi connectivity index (χ1) is 12.3. The first-order valence-electron chi connectivity index (χ1n) is 8.80. The summed E-state index contributed by atoms with van der Waals surface area (Å²) in [6, 6.07) is 0. The van der Waals surface area contributed by atoms with Gasteiger partial charge in [-0.25, -0.2) is 13.4 Å². The summed E-state index contributed by atoms with van der Waals surface area (Å²) in [6.07, 6.45) is 4.47. The Morgan fingerprint density at radius 2 is 2.31 bits per heavy atom. The van der Waals surface area contributed by atoms with Gasteiger partial charge in [-0.05, 0) is 26.2 Å². The SMILES string of the molecule is C[C@H](OC[C@H]1CCCCO1)C(=O)N1CCc2nc(NS(C)(=O)=O)sc2C1. The molecule has 2 atom stereocenters. The first kappa shape index (κ1) is 19.5. The van der Waals surface area contributed by atoms with Crippen LogP contribution in [-0.4, -0.2) is 62.4 Å². The molecule has 146 valence electrons. The van der Waals surface area contributed by atoms with Crippen molar-refractivity contribution >= 4 is 32.4 Å². The number of sulfonamides is 1. The molecule has 0 unspecified atom stereocenters. The van der Waals surface area contributed by atoms with E-state index in [2.05, 4.69) is 9.71 Å². The molecule has 1 fully saturated rings. The number of anilines is 1. The molecule has 1 saturated heterocycles. The van der Waals surface area contributed by atoms with Crippen molar-refractivity contribution in [3.05, 3.63) is 10.6 Å². The van der Waals surface area contributed by atoms with Crippen molar-refractivity contribution in [3.63, 3.8) is 0 Å². The number of hydrogen-bond acceptors (Lipinski definition) is 7. The number of fused-ring (bicyclic) bond motifs is 1. The van der Waals surface area contributed by atoms with Gasteiger partial charge in [0, 0.05) is 24.4 Å². The Kier molecular flexibility index (Phi) is 6.16. The lowest BCUT2D eigenvalue weighted by molar-refractivity contribution is -0.147. The lowest BCUT2D eigenvalue weighted by Gasteiger charge is -2.29. The van der Waals surface area contributed by atoms with E-state index in [9.17, 15) is 13.2 Å². The maximum atomic E-state index is 12.6. The van der Waals surface area contributed by atoms with Gasteiger partial charge in [-0.15, -0.1) is 0 Å². The van der Waals surface area contributed by atoms with Gasteiger partial charge in [0.2, 0.25) is 10.0 Å². The van der Waals surface area contributed by atoms with E-state index in [-0.39, 0.29) is 12.0 Å². The summed E-state index contributed by atoms with van der Waals surface area (Å²) in [4.78, 5) is 19.6. The topological polar surface area (TPSA) is 97.8 Å².